The zero-order chi connectivity index (χ0) is 19.3. The van der Waals surface area contributed by atoms with E-state index in [0.29, 0.717) is 29.1 Å². The highest BCUT2D eigenvalue weighted by atomic mass is 32.1. The molecule has 2 aromatic carbocycles. The summed E-state index contributed by atoms with van der Waals surface area (Å²) in [6, 6.07) is 18.0. The Morgan fingerprint density at radius 2 is 1.86 bits per heavy atom. The fraction of sp³-hybridized carbons (Fsp3) is 0.100. The van der Waals surface area contributed by atoms with E-state index in [1.54, 1.807) is 24.3 Å². The average molecular weight is 393 g/mol. The van der Waals surface area contributed by atoms with Crippen LogP contribution in [0.15, 0.2) is 69.9 Å². The average Bonchev–Trinajstić information content (AvgIpc) is 3.15. The van der Waals surface area contributed by atoms with Gasteiger partial charge in [0.25, 0.3) is 5.91 Å². The Morgan fingerprint density at radius 1 is 1.07 bits per heavy atom. The molecular weight excluding hydrogens is 378 g/mol. The molecule has 28 heavy (non-hydrogen) atoms. The van der Waals surface area contributed by atoms with Crippen molar-refractivity contribution in [3.05, 3.63) is 81.7 Å². The Bertz CT molecular complexity index is 1170. The normalized spacial score (nSPS) is 10.7. The third-order valence-electron chi connectivity index (χ3n) is 3.90. The van der Waals surface area contributed by atoms with E-state index in [-0.39, 0.29) is 5.56 Å². The van der Waals surface area contributed by atoms with Gasteiger partial charge in [0.2, 0.25) is 5.13 Å². The second-order valence-corrected chi connectivity index (χ2v) is 6.91. The molecule has 0 aliphatic carbocycles. The lowest BCUT2D eigenvalue weighted by molar-refractivity contribution is 0.102. The predicted octanol–water partition coefficient (Wildman–Crippen LogP) is 3.52. The van der Waals surface area contributed by atoms with Gasteiger partial charge in [0, 0.05) is 11.8 Å². The van der Waals surface area contributed by atoms with Crippen LogP contribution in [-0.2, 0) is 6.42 Å². The first kappa shape index (κ1) is 17.9. The number of anilines is 1. The van der Waals surface area contributed by atoms with Crippen LogP contribution in [-0.4, -0.2) is 22.7 Å². The molecule has 0 saturated carbocycles. The molecule has 1 amide bonds. The molecule has 0 aliphatic heterocycles. The van der Waals surface area contributed by atoms with Crippen LogP contribution in [0.4, 0.5) is 5.13 Å². The Balaban J connectivity index is 1.40. The van der Waals surface area contributed by atoms with Crippen LogP contribution < -0.4 is 15.7 Å². The number of nitrogens with one attached hydrogen (secondary N) is 1. The van der Waals surface area contributed by atoms with Gasteiger partial charge in [-0.2, -0.15) is 0 Å². The molecule has 0 radical (unpaired) electrons. The topological polar surface area (TPSA) is 94.3 Å². The van der Waals surface area contributed by atoms with Crippen LogP contribution in [0.3, 0.4) is 0 Å². The third-order valence-corrected chi connectivity index (χ3v) is 4.80. The fourth-order valence-electron chi connectivity index (χ4n) is 2.56. The van der Waals surface area contributed by atoms with Crippen LogP contribution in [0.1, 0.15) is 15.4 Å². The zero-order valence-corrected chi connectivity index (χ0v) is 15.4. The summed E-state index contributed by atoms with van der Waals surface area (Å²) in [6.07, 6.45) is 0.556. The summed E-state index contributed by atoms with van der Waals surface area (Å²) >= 11 is 1.23. The number of carbonyl (C=O) groups is 1. The van der Waals surface area contributed by atoms with Gasteiger partial charge in [-0.05, 0) is 24.3 Å². The monoisotopic (exact) mass is 393 g/mol. The number of hydrogen-bond acceptors (Lipinski definition) is 7. The summed E-state index contributed by atoms with van der Waals surface area (Å²) in [6.45, 7) is 0.445. The molecule has 4 aromatic rings. The standard InChI is InChI=1S/C20H15N3O4S/c24-18(15-12-13-6-4-5-9-16(13)27-19(15)25)21-20-23-22-17(28-20)10-11-26-14-7-2-1-3-8-14/h1-9,12H,10-11H2,(H,21,23,24). The molecule has 8 heteroatoms. The lowest BCUT2D eigenvalue weighted by atomic mass is 10.2. The molecular formula is C20H15N3O4S. The molecule has 0 unspecified atom stereocenters. The Labute approximate surface area is 163 Å². The maximum absolute atomic E-state index is 12.4. The van der Waals surface area contributed by atoms with Crippen LogP contribution in [0.2, 0.25) is 0 Å². The number of rotatable bonds is 6. The molecule has 2 aromatic heterocycles. The maximum Gasteiger partial charge on any atom is 0.349 e. The first-order valence-corrected chi connectivity index (χ1v) is 9.35. The van der Waals surface area contributed by atoms with Gasteiger partial charge in [0.05, 0.1) is 6.61 Å². The number of ether oxygens (including phenoxy) is 1. The molecule has 2 heterocycles. The van der Waals surface area contributed by atoms with Gasteiger partial charge in [-0.25, -0.2) is 4.79 Å². The second kappa shape index (κ2) is 8.01. The van der Waals surface area contributed by atoms with Gasteiger partial charge in [-0.1, -0.05) is 47.7 Å². The Kier molecular flexibility index (Phi) is 5.11. The quantitative estimate of drug-likeness (QED) is 0.504. The van der Waals surface area contributed by atoms with E-state index < -0.39 is 11.5 Å². The second-order valence-electron chi connectivity index (χ2n) is 5.85. The summed E-state index contributed by atoms with van der Waals surface area (Å²) in [7, 11) is 0. The summed E-state index contributed by atoms with van der Waals surface area (Å²) in [4.78, 5) is 24.5. The minimum Gasteiger partial charge on any atom is -0.493 e. The molecule has 140 valence electrons. The largest absolute Gasteiger partial charge is 0.493 e. The van der Waals surface area contributed by atoms with Crippen molar-refractivity contribution in [2.45, 2.75) is 6.42 Å². The Hall–Kier alpha value is -3.52. The van der Waals surface area contributed by atoms with Crippen molar-refractivity contribution in [1.29, 1.82) is 0 Å². The van der Waals surface area contributed by atoms with Gasteiger partial charge in [0.1, 0.15) is 21.9 Å². The van der Waals surface area contributed by atoms with Crippen molar-refractivity contribution in [3.63, 3.8) is 0 Å². The molecule has 0 fully saturated rings. The van der Waals surface area contributed by atoms with E-state index in [9.17, 15) is 9.59 Å². The number of benzene rings is 2. The first-order chi connectivity index (χ1) is 13.7. The van der Waals surface area contributed by atoms with Crippen molar-refractivity contribution in [1.82, 2.24) is 10.2 Å². The van der Waals surface area contributed by atoms with Gasteiger partial charge in [0.15, 0.2) is 0 Å². The van der Waals surface area contributed by atoms with Crippen molar-refractivity contribution in [2.75, 3.05) is 11.9 Å². The number of hydrogen-bond donors (Lipinski definition) is 1. The third kappa shape index (κ3) is 4.07. The van der Waals surface area contributed by atoms with E-state index in [0.717, 1.165) is 10.8 Å². The van der Waals surface area contributed by atoms with E-state index >= 15 is 0 Å². The maximum atomic E-state index is 12.4. The number of aromatic nitrogens is 2. The number of fused-ring (bicyclic) bond motifs is 1. The highest BCUT2D eigenvalue weighted by Gasteiger charge is 2.16. The summed E-state index contributed by atoms with van der Waals surface area (Å²) in [5.41, 5.74) is -0.347. The fourth-order valence-corrected chi connectivity index (χ4v) is 3.28. The zero-order valence-electron chi connectivity index (χ0n) is 14.6. The van der Waals surface area contributed by atoms with E-state index in [4.69, 9.17) is 9.15 Å². The molecule has 7 nitrogen and oxygen atoms in total. The van der Waals surface area contributed by atoms with Crippen LogP contribution in [0, 0.1) is 0 Å². The Morgan fingerprint density at radius 3 is 2.71 bits per heavy atom. The number of amides is 1. The van der Waals surface area contributed by atoms with Crippen LogP contribution in [0.5, 0.6) is 5.75 Å². The molecule has 4 rings (SSSR count). The molecule has 0 aliphatic rings. The van der Waals surface area contributed by atoms with Crippen LogP contribution in [0.25, 0.3) is 11.0 Å². The highest BCUT2D eigenvalue weighted by molar-refractivity contribution is 7.15. The number of para-hydroxylation sites is 2. The van der Waals surface area contributed by atoms with Crippen molar-refractivity contribution < 1.29 is 13.9 Å². The van der Waals surface area contributed by atoms with E-state index in [1.807, 2.05) is 30.3 Å². The first-order valence-electron chi connectivity index (χ1n) is 8.53. The molecule has 1 N–H and O–H groups in total. The predicted molar refractivity (Wildman–Crippen MR) is 106 cm³/mol. The van der Waals surface area contributed by atoms with Crippen LogP contribution >= 0.6 is 11.3 Å². The molecule has 0 bridgehead atoms. The smallest absolute Gasteiger partial charge is 0.349 e. The summed E-state index contributed by atoms with van der Waals surface area (Å²) in [5.74, 6) is 0.200. The minimum absolute atomic E-state index is 0.0807. The molecule has 0 atom stereocenters. The number of carbonyl (C=O) groups excluding carboxylic acids is 1. The lowest BCUT2D eigenvalue weighted by Gasteiger charge is -2.03. The van der Waals surface area contributed by atoms with Crippen molar-refractivity contribution >= 4 is 33.3 Å². The summed E-state index contributed by atoms with van der Waals surface area (Å²) < 4.78 is 10.8. The van der Waals surface area contributed by atoms with E-state index in [2.05, 4.69) is 15.5 Å². The van der Waals surface area contributed by atoms with Crippen molar-refractivity contribution in [3.8, 4) is 5.75 Å². The lowest BCUT2D eigenvalue weighted by Crippen LogP contribution is -2.20. The summed E-state index contributed by atoms with van der Waals surface area (Å²) in [5, 5.41) is 12.3. The van der Waals surface area contributed by atoms with Crippen molar-refractivity contribution in [2.24, 2.45) is 0 Å². The number of nitrogens with zero attached hydrogens (tertiary/aromatic N) is 2. The van der Waals surface area contributed by atoms with Gasteiger partial charge in [-0.3, -0.25) is 10.1 Å². The highest BCUT2D eigenvalue weighted by Crippen LogP contribution is 2.18. The molecule has 0 saturated heterocycles. The minimum atomic E-state index is -0.697. The molecule has 0 spiro atoms. The van der Waals surface area contributed by atoms with E-state index in [1.165, 1.54) is 17.4 Å². The van der Waals surface area contributed by atoms with Gasteiger partial charge in [-0.15, -0.1) is 10.2 Å². The van der Waals surface area contributed by atoms with Gasteiger partial charge < -0.3 is 9.15 Å². The SMILES string of the molecule is O=C(Nc1nnc(CCOc2ccccc2)s1)c1cc2ccccc2oc1=O. The van der Waals surface area contributed by atoms with Gasteiger partial charge >= 0.3 is 5.63 Å².